The van der Waals surface area contributed by atoms with Gasteiger partial charge in [-0.3, -0.25) is 4.98 Å². The molecule has 0 aliphatic carbocycles. The van der Waals surface area contributed by atoms with Gasteiger partial charge in [-0.25, -0.2) is 0 Å². The molecular weight excluding hydrogens is 264 g/mol. The van der Waals surface area contributed by atoms with E-state index < -0.39 is 11.7 Å². The van der Waals surface area contributed by atoms with Crippen LogP contribution in [0, 0.1) is 5.92 Å². The minimum Gasteiger partial charge on any atom is -0.390 e. The van der Waals surface area contributed by atoms with E-state index in [0.29, 0.717) is 0 Å². The van der Waals surface area contributed by atoms with Crippen molar-refractivity contribution in [3.63, 3.8) is 0 Å². The number of aromatic nitrogens is 1. The lowest BCUT2D eigenvalue weighted by Crippen LogP contribution is -2.42. The van der Waals surface area contributed by atoms with E-state index in [0.717, 1.165) is 19.5 Å². The molecule has 2 unspecified atom stereocenters. The first-order valence-electron chi connectivity index (χ1n) is 7.68. The third-order valence-electron chi connectivity index (χ3n) is 4.55. The molecule has 0 bridgehead atoms. The quantitative estimate of drug-likeness (QED) is 0.903. The van der Waals surface area contributed by atoms with Crippen LogP contribution < -0.4 is 0 Å². The Morgan fingerprint density at radius 1 is 1.19 bits per heavy atom. The summed E-state index contributed by atoms with van der Waals surface area (Å²) in [6.45, 7) is 9.89. The zero-order valence-electron chi connectivity index (χ0n) is 13.8. The average molecular weight is 292 g/mol. The number of aliphatic hydroxyl groups is 1. The second-order valence-corrected chi connectivity index (χ2v) is 7.23. The summed E-state index contributed by atoms with van der Waals surface area (Å²) in [6, 6.07) is 4.10. The molecule has 1 saturated heterocycles. The molecular formula is C17H28N2O2. The molecule has 2 atom stereocenters. The van der Waals surface area contributed by atoms with Gasteiger partial charge < -0.3 is 14.7 Å². The van der Waals surface area contributed by atoms with Gasteiger partial charge in [-0.1, -0.05) is 0 Å². The first kappa shape index (κ1) is 16.4. The van der Waals surface area contributed by atoms with Crippen LogP contribution in [0.3, 0.4) is 0 Å². The van der Waals surface area contributed by atoms with Crippen molar-refractivity contribution in [3.8, 4) is 0 Å². The van der Waals surface area contributed by atoms with Gasteiger partial charge in [0.15, 0.2) is 0 Å². The molecule has 118 valence electrons. The van der Waals surface area contributed by atoms with Crippen molar-refractivity contribution >= 4 is 0 Å². The van der Waals surface area contributed by atoms with Gasteiger partial charge in [0, 0.05) is 31.4 Å². The molecule has 4 heteroatoms. The van der Waals surface area contributed by atoms with Gasteiger partial charge in [0.05, 0.1) is 17.3 Å². The molecule has 4 nitrogen and oxygen atoms in total. The third-order valence-corrected chi connectivity index (χ3v) is 4.55. The molecule has 1 aromatic rings. The molecule has 0 amide bonds. The minimum atomic E-state index is -0.472. The molecule has 1 N–H and O–H groups in total. The van der Waals surface area contributed by atoms with Crippen LogP contribution in [0.2, 0.25) is 0 Å². The SMILES string of the molecule is CN(CCc1ccncc1)CC1C(O)C(C)(C)OC1(C)C. The molecule has 1 aliphatic rings. The summed E-state index contributed by atoms with van der Waals surface area (Å²) in [6.07, 6.45) is 4.22. The van der Waals surface area contributed by atoms with E-state index in [4.69, 9.17) is 4.74 Å². The second-order valence-electron chi connectivity index (χ2n) is 7.23. The maximum absolute atomic E-state index is 10.5. The van der Waals surface area contributed by atoms with E-state index in [1.54, 1.807) is 0 Å². The van der Waals surface area contributed by atoms with Crippen LogP contribution in [-0.4, -0.2) is 52.4 Å². The minimum absolute atomic E-state index is 0.120. The topological polar surface area (TPSA) is 45.6 Å². The number of hydrogen-bond donors (Lipinski definition) is 1. The van der Waals surface area contributed by atoms with Crippen molar-refractivity contribution in [1.29, 1.82) is 0 Å². The molecule has 1 fully saturated rings. The summed E-state index contributed by atoms with van der Waals surface area (Å²) in [5.41, 5.74) is 0.521. The monoisotopic (exact) mass is 292 g/mol. The highest BCUT2D eigenvalue weighted by Crippen LogP contribution is 2.42. The van der Waals surface area contributed by atoms with Crippen molar-refractivity contribution in [2.24, 2.45) is 5.92 Å². The fraction of sp³-hybridized carbons (Fsp3) is 0.706. The summed E-state index contributed by atoms with van der Waals surface area (Å²) in [4.78, 5) is 6.32. The van der Waals surface area contributed by atoms with E-state index in [-0.39, 0.29) is 11.5 Å². The van der Waals surface area contributed by atoms with Crippen LogP contribution in [0.4, 0.5) is 0 Å². The summed E-state index contributed by atoms with van der Waals surface area (Å²) in [7, 11) is 2.11. The lowest BCUT2D eigenvalue weighted by molar-refractivity contribution is -0.0912. The standard InChI is InChI=1S/C17H28N2O2/c1-16(2)14(15(20)17(3,4)21-16)12-19(5)11-8-13-6-9-18-10-7-13/h6-7,9-10,14-15,20H,8,11-12H2,1-5H3. The Balaban J connectivity index is 1.91. The maximum atomic E-state index is 10.5. The number of pyridine rings is 1. The highest BCUT2D eigenvalue weighted by Gasteiger charge is 2.53. The molecule has 1 aliphatic heterocycles. The second kappa shape index (κ2) is 6.03. The van der Waals surface area contributed by atoms with Crippen LogP contribution in [0.5, 0.6) is 0 Å². The summed E-state index contributed by atoms with van der Waals surface area (Å²) >= 11 is 0. The molecule has 21 heavy (non-hydrogen) atoms. The Hall–Kier alpha value is -0.970. The third kappa shape index (κ3) is 3.82. The fourth-order valence-electron chi connectivity index (χ4n) is 3.29. The highest BCUT2D eigenvalue weighted by molar-refractivity contribution is 5.10. The Labute approximate surface area is 128 Å². The Morgan fingerprint density at radius 3 is 2.33 bits per heavy atom. The van der Waals surface area contributed by atoms with Crippen molar-refractivity contribution < 1.29 is 9.84 Å². The number of rotatable bonds is 5. The molecule has 1 aromatic heterocycles. The zero-order valence-corrected chi connectivity index (χ0v) is 13.8. The van der Waals surface area contributed by atoms with E-state index in [1.165, 1.54) is 5.56 Å². The van der Waals surface area contributed by atoms with E-state index >= 15 is 0 Å². The van der Waals surface area contributed by atoms with Gasteiger partial charge in [0.1, 0.15) is 0 Å². The molecule has 2 heterocycles. The Morgan fingerprint density at radius 2 is 1.81 bits per heavy atom. The van der Waals surface area contributed by atoms with Crippen molar-refractivity contribution in [3.05, 3.63) is 30.1 Å². The van der Waals surface area contributed by atoms with Crippen LogP contribution in [-0.2, 0) is 11.2 Å². The smallest absolute Gasteiger partial charge is 0.0896 e. The number of likely N-dealkylation sites (N-methyl/N-ethyl adjacent to an activating group) is 1. The normalized spacial score (nSPS) is 27.2. The van der Waals surface area contributed by atoms with Crippen molar-refractivity contribution in [1.82, 2.24) is 9.88 Å². The van der Waals surface area contributed by atoms with Gasteiger partial charge >= 0.3 is 0 Å². The average Bonchev–Trinajstić information content (AvgIpc) is 2.56. The summed E-state index contributed by atoms with van der Waals surface area (Å²) in [5, 5.41) is 10.5. The summed E-state index contributed by atoms with van der Waals surface area (Å²) in [5.74, 6) is 0.120. The fourth-order valence-corrected chi connectivity index (χ4v) is 3.29. The first-order chi connectivity index (χ1) is 9.72. The van der Waals surface area contributed by atoms with E-state index in [9.17, 15) is 5.11 Å². The number of nitrogens with zero attached hydrogens (tertiary/aromatic N) is 2. The van der Waals surface area contributed by atoms with E-state index in [1.807, 2.05) is 26.2 Å². The van der Waals surface area contributed by atoms with Gasteiger partial charge in [-0.15, -0.1) is 0 Å². The molecule has 0 radical (unpaired) electrons. The predicted octanol–water partition coefficient (Wildman–Crippen LogP) is 2.12. The van der Waals surface area contributed by atoms with Crippen LogP contribution in [0.1, 0.15) is 33.3 Å². The number of aliphatic hydroxyl groups excluding tert-OH is 1. The first-order valence-corrected chi connectivity index (χ1v) is 7.68. The predicted molar refractivity (Wildman–Crippen MR) is 84.2 cm³/mol. The lowest BCUT2D eigenvalue weighted by Gasteiger charge is -2.30. The van der Waals surface area contributed by atoms with Gasteiger partial charge in [-0.2, -0.15) is 0 Å². The molecule has 0 aromatic carbocycles. The Kier molecular flexibility index (Phi) is 4.71. The molecule has 0 spiro atoms. The van der Waals surface area contributed by atoms with Crippen LogP contribution in [0.25, 0.3) is 0 Å². The Bertz CT molecular complexity index is 459. The summed E-state index contributed by atoms with van der Waals surface area (Å²) < 4.78 is 6.04. The number of hydrogen-bond acceptors (Lipinski definition) is 4. The number of ether oxygens (including phenoxy) is 1. The van der Waals surface area contributed by atoms with Gasteiger partial charge in [-0.05, 0) is 58.9 Å². The van der Waals surface area contributed by atoms with Gasteiger partial charge in [0.25, 0.3) is 0 Å². The molecule has 0 saturated carbocycles. The van der Waals surface area contributed by atoms with Crippen molar-refractivity contribution in [2.75, 3.05) is 20.1 Å². The van der Waals surface area contributed by atoms with Crippen LogP contribution >= 0.6 is 0 Å². The lowest BCUT2D eigenvalue weighted by atomic mass is 9.84. The maximum Gasteiger partial charge on any atom is 0.0896 e. The van der Waals surface area contributed by atoms with Crippen LogP contribution in [0.15, 0.2) is 24.5 Å². The molecule has 2 rings (SSSR count). The van der Waals surface area contributed by atoms with Crippen molar-refractivity contribution in [2.45, 2.75) is 51.4 Å². The zero-order chi connectivity index (χ0) is 15.7. The largest absolute Gasteiger partial charge is 0.390 e. The van der Waals surface area contributed by atoms with E-state index in [2.05, 4.69) is 42.9 Å². The highest BCUT2D eigenvalue weighted by atomic mass is 16.5. The van der Waals surface area contributed by atoms with Gasteiger partial charge in [0.2, 0.25) is 0 Å².